The summed E-state index contributed by atoms with van der Waals surface area (Å²) in [5, 5.41) is 2.72. The molecule has 0 radical (unpaired) electrons. The van der Waals surface area contributed by atoms with Gasteiger partial charge in [-0.3, -0.25) is 14.6 Å². The van der Waals surface area contributed by atoms with Gasteiger partial charge in [0.1, 0.15) is 5.69 Å². The zero-order chi connectivity index (χ0) is 17.2. The van der Waals surface area contributed by atoms with Gasteiger partial charge in [-0.25, -0.2) is 0 Å². The van der Waals surface area contributed by atoms with Crippen molar-refractivity contribution in [2.24, 2.45) is 0 Å². The molecule has 128 valence electrons. The highest BCUT2D eigenvalue weighted by molar-refractivity contribution is 5.94. The fourth-order valence-electron chi connectivity index (χ4n) is 3.64. The van der Waals surface area contributed by atoms with Crippen LogP contribution in [0.1, 0.15) is 46.9 Å². The summed E-state index contributed by atoms with van der Waals surface area (Å²) < 4.78 is 0. The predicted molar refractivity (Wildman–Crippen MR) is 93.9 cm³/mol. The molecule has 0 bridgehead atoms. The van der Waals surface area contributed by atoms with E-state index >= 15 is 0 Å². The largest absolute Gasteiger partial charge is 0.342 e. The summed E-state index contributed by atoms with van der Waals surface area (Å²) in [7, 11) is 0. The number of benzene rings is 1. The summed E-state index contributed by atoms with van der Waals surface area (Å²) in [6, 6.07) is 14.0. The highest BCUT2D eigenvalue weighted by Gasteiger charge is 2.40. The second kappa shape index (κ2) is 6.67. The third kappa shape index (κ3) is 3.27. The Morgan fingerprint density at radius 2 is 1.88 bits per heavy atom. The first-order valence-electron chi connectivity index (χ1n) is 8.82. The zero-order valence-corrected chi connectivity index (χ0v) is 14.0. The van der Waals surface area contributed by atoms with Crippen molar-refractivity contribution < 1.29 is 9.59 Å². The van der Waals surface area contributed by atoms with E-state index in [0.717, 1.165) is 25.7 Å². The van der Waals surface area contributed by atoms with Crippen LogP contribution >= 0.6 is 0 Å². The van der Waals surface area contributed by atoms with Crippen LogP contribution in [0.2, 0.25) is 0 Å². The van der Waals surface area contributed by atoms with Gasteiger partial charge in [0.25, 0.3) is 5.91 Å². The second-order valence-electron chi connectivity index (χ2n) is 6.68. The minimum atomic E-state index is -0.309. The van der Waals surface area contributed by atoms with E-state index in [-0.39, 0.29) is 24.4 Å². The van der Waals surface area contributed by atoms with Gasteiger partial charge in [-0.1, -0.05) is 30.3 Å². The number of amides is 2. The van der Waals surface area contributed by atoms with Crippen molar-refractivity contribution in [2.45, 2.75) is 37.8 Å². The Labute approximate surface area is 147 Å². The summed E-state index contributed by atoms with van der Waals surface area (Å²) in [5.74, 6) is -0.315. The molecule has 2 aliphatic carbocycles. The lowest BCUT2D eigenvalue weighted by Gasteiger charge is -2.30. The number of rotatable bonds is 5. The van der Waals surface area contributed by atoms with Crippen molar-refractivity contribution >= 4 is 11.8 Å². The van der Waals surface area contributed by atoms with Crippen LogP contribution in [-0.4, -0.2) is 34.3 Å². The van der Waals surface area contributed by atoms with E-state index in [1.165, 1.54) is 11.1 Å². The maximum absolute atomic E-state index is 12.8. The van der Waals surface area contributed by atoms with Gasteiger partial charge in [0.15, 0.2) is 0 Å². The average molecular weight is 335 g/mol. The summed E-state index contributed by atoms with van der Waals surface area (Å²) in [6.45, 7) is 0.0184. The van der Waals surface area contributed by atoms with E-state index in [1.807, 2.05) is 11.0 Å². The molecule has 5 nitrogen and oxygen atoms in total. The number of hydrogen-bond acceptors (Lipinski definition) is 3. The molecule has 1 saturated carbocycles. The van der Waals surface area contributed by atoms with Gasteiger partial charge in [0.2, 0.25) is 5.91 Å². The Morgan fingerprint density at radius 1 is 1.08 bits per heavy atom. The minimum absolute atomic E-state index is 0.00603. The number of fused-ring (bicyclic) bond motifs is 1. The Bertz CT molecular complexity index is 787. The van der Waals surface area contributed by atoms with Gasteiger partial charge in [0, 0.05) is 12.2 Å². The predicted octanol–water partition coefficient (Wildman–Crippen LogP) is 2.49. The van der Waals surface area contributed by atoms with Crippen molar-refractivity contribution in [3.63, 3.8) is 0 Å². The Balaban J connectivity index is 1.45. The van der Waals surface area contributed by atoms with Crippen molar-refractivity contribution in [1.29, 1.82) is 0 Å². The average Bonchev–Trinajstić information content (AvgIpc) is 3.40. The van der Waals surface area contributed by atoms with Gasteiger partial charge in [0.05, 0.1) is 12.6 Å². The van der Waals surface area contributed by atoms with Crippen molar-refractivity contribution in [2.75, 3.05) is 6.54 Å². The van der Waals surface area contributed by atoms with E-state index in [9.17, 15) is 9.59 Å². The van der Waals surface area contributed by atoms with Crippen LogP contribution in [0.3, 0.4) is 0 Å². The molecule has 5 heteroatoms. The quantitative estimate of drug-likeness (QED) is 0.913. The summed E-state index contributed by atoms with van der Waals surface area (Å²) in [4.78, 5) is 31.0. The molecule has 4 rings (SSSR count). The normalized spacial score (nSPS) is 18.5. The van der Waals surface area contributed by atoms with Crippen molar-refractivity contribution in [3.8, 4) is 0 Å². The van der Waals surface area contributed by atoms with Crippen LogP contribution in [0.15, 0.2) is 48.7 Å². The Kier molecular flexibility index (Phi) is 4.22. The lowest BCUT2D eigenvalue weighted by Crippen LogP contribution is -2.43. The number of aryl methyl sites for hydroxylation is 1. The molecule has 1 heterocycles. The number of carbonyl (C=O) groups excluding carboxylic acids is 2. The Hall–Kier alpha value is -2.69. The highest BCUT2D eigenvalue weighted by Crippen LogP contribution is 2.41. The molecule has 2 aliphatic rings. The lowest BCUT2D eigenvalue weighted by molar-refractivity contribution is -0.133. The van der Waals surface area contributed by atoms with Crippen LogP contribution in [0.5, 0.6) is 0 Å². The topological polar surface area (TPSA) is 62.3 Å². The lowest BCUT2D eigenvalue weighted by atomic mass is 10.1. The van der Waals surface area contributed by atoms with Crippen molar-refractivity contribution in [1.82, 2.24) is 15.2 Å². The number of hydrogen-bond donors (Lipinski definition) is 1. The van der Waals surface area contributed by atoms with Crippen LogP contribution in [-0.2, 0) is 11.2 Å². The third-order valence-corrected chi connectivity index (χ3v) is 4.96. The molecule has 0 unspecified atom stereocenters. The SMILES string of the molecule is O=C(NCC(=O)N(C1CC1)[C@@H]1CCc2ccccc21)c1ccccn1. The highest BCUT2D eigenvalue weighted by atomic mass is 16.2. The van der Waals surface area contributed by atoms with Crippen LogP contribution in [0.25, 0.3) is 0 Å². The van der Waals surface area contributed by atoms with Crippen LogP contribution in [0.4, 0.5) is 0 Å². The molecule has 1 aromatic carbocycles. The molecule has 2 aromatic rings. The molecule has 1 N–H and O–H groups in total. The smallest absolute Gasteiger partial charge is 0.270 e. The first-order valence-corrected chi connectivity index (χ1v) is 8.82. The van der Waals surface area contributed by atoms with Crippen molar-refractivity contribution in [3.05, 3.63) is 65.5 Å². The first-order chi connectivity index (χ1) is 12.2. The van der Waals surface area contributed by atoms with E-state index in [0.29, 0.717) is 11.7 Å². The fraction of sp³-hybridized carbons (Fsp3) is 0.350. The molecule has 1 atom stereocenters. The Morgan fingerprint density at radius 3 is 2.64 bits per heavy atom. The maximum Gasteiger partial charge on any atom is 0.270 e. The van der Waals surface area contributed by atoms with Gasteiger partial charge < -0.3 is 10.2 Å². The molecular weight excluding hydrogens is 314 g/mol. The molecule has 0 saturated heterocycles. The second-order valence-corrected chi connectivity index (χ2v) is 6.68. The number of pyridine rings is 1. The fourth-order valence-corrected chi connectivity index (χ4v) is 3.64. The minimum Gasteiger partial charge on any atom is -0.342 e. The molecule has 25 heavy (non-hydrogen) atoms. The van der Waals surface area contributed by atoms with Gasteiger partial charge in [-0.05, 0) is 48.9 Å². The number of nitrogens with one attached hydrogen (secondary N) is 1. The molecule has 1 fully saturated rings. The van der Waals surface area contributed by atoms with E-state index in [4.69, 9.17) is 0 Å². The summed E-state index contributed by atoms with van der Waals surface area (Å²) >= 11 is 0. The third-order valence-electron chi connectivity index (χ3n) is 4.96. The summed E-state index contributed by atoms with van der Waals surface area (Å²) in [5.41, 5.74) is 2.93. The first kappa shape index (κ1) is 15.8. The zero-order valence-electron chi connectivity index (χ0n) is 14.0. The standard InChI is InChI=1S/C20H21N3O2/c24-19(13-22-20(25)17-7-3-4-12-21-17)23(15-9-10-15)18-11-8-14-5-1-2-6-16(14)18/h1-7,12,15,18H,8-11,13H2,(H,22,25)/t18-/m1/s1. The number of carbonyl (C=O) groups is 2. The van der Waals surface area contributed by atoms with Crippen LogP contribution in [0, 0.1) is 0 Å². The van der Waals surface area contributed by atoms with E-state index in [1.54, 1.807) is 24.4 Å². The number of aromatic nitrogens is 1. The van der Waals surface area contributed by atoms with Gasteiger partial charge in [-0.15, -0.1) is 0 Å². The molecular formula is C20H21N3O2. The van der Waals surface area contributed by atoms with E-state index < -0.39 is 0 Å². The number of nitrogens with zero attached hydrogens (tertiary/aromatic N) is 2. The maximum atomic E-state index is 12.8. The molecule has 2 amide bonds. The summed E-state index contributed by atoms with van der Waals surface area (Å²) in [6.07, 6.45) is 5.66. The monoisotopic (exact) mass is 335 g/mol. The van der Waals surface area contributed by atoms with Crippen LogP contribution < -0.4 is 5.32 Å². The van der Waals surface area contributed by atoms with Gasteiger partial charge in [-0.2, -0.15) is 0 Å². The molecule has 0 spiro atoms. The van der Waals surface area contributed by atoms with E-state index in [2.05, 4.69) is 28.5 Å². The van der Waals surface area contributed by atoms with Gasteiger partial charge >= 0.3 is 0 Å². The molecule has 1 aromatic heterocycles. The molecule has 0 aliphatic heterocycles.